The minimum absolute atomic E-state index is 0.0378. The Balaban J connectivity index is 2.17. The summed E-state index contributed by atoms with van der Waals surface area (Å²) in [7, 11) is 5.73. The third kappa shape index (κ3) is 10.8. The van der Waals surface area contributed by atoms with Crippen LogP contribution in [-0.2, 0) is 19.2 Å². The molecule has 7 N–H and O–H groups in total. The molecule has 42 heavy (non-hydrogen) atoms. The number of nitrogens with one attached hydrogen (secondary N) is 3. The molecule has 2 aromatic rings. The molecular weight excluding hydrogens is 639 g/mol. The van der Waals surface area contributed by atoms with Crippen molar-refractivity contribution < 1.29 is 48.4 Å². The molecule has 0 fully saturated rings. The van der Waals surface area contributed by atoms with E-state index in [1.54, 1.807) is 36.4 Å². The summed E-state index contributed by atoms with van der Waals surface area (Å²) < 4.78 is 16.5. The van der Waals surface area contributed by atoms with Gasteiger partial charge in [-0.3, -0.25) is 0 Å². The van der Waals surface area contributed by atoms with Crippen LogP contribution in [0.3, 0.4) is 0 Å². The van der Waals surface area contributed by atoms with E-state index in [0.717, 1.165) is 0 Å². The first-order valence-electron chi connectivity index (χ1n) is 12.3. The summed E-state index contributed by atoms with van der Waals surface area (Å²) >= 11 is -0.472. The number of rotatable bonds is 17. The first-order chi connectivity index (χ1) is 20.0. The maximum atomic E-state index is 13.2. The van der Waals surface area contributed by atoms with Gasteiger partial charge in [0.15, 0.2) is 0 Å². The monoisotopic (exact) mass is 672 g/mol. The molecule has 0 spiro atoms. The Labute approximate surface area is 251 Å². The van der Waals surface area contributed by atoms with Crippen molar-refractivity contribution in [2.45, 2.75) is 24.9 Å². The molecule has 2 aromatic carbocycles. The number of amides is 3. The van der Waals surface area contributed by atoms with Crippen molar-refractivity contribution in [1.29, 1.82) is 0 Å². The molecule has 0 saturated carbocycles. The second-order valence-electron chi connectivity index (χ2n) is 8.47. The number of carbonyl (C=O) groups excluding carboxylic acids is 3. The summed E-state index contributed by atoms with van der Waals surface area (Å²) in [6.07, 6.45) is -0.396. The fraction of sp³-hybridized carbons (Fsp3) is 0.346. The average Bonchev–Trinajstić information content (AvgIpc) is 2.97. The second kappa shape index (κ2) is 17.1. The predicted molar refractivity (Wildman–Crippen MR) is 156 cm³/mol. The van der Waals surface area contributed by atoms with Crippen LogP contribution in [-0.4, -0.2) is 99.4 Å². The number of ether oxygens (including phenoxy) is 3. The summed E-state index contributed by atoms with van der Waals surface area (Å²) in [4.78, 5) is 60.1. The summed E-state index contributed by atoms with van der Waals surface area (Å²) in [6.45, 7) is -0.652. The number of carbonyl (C=O) groups is 5. The van der Waals surface area contributed by atoms with Crippen LogP contribution in [0, 0.1) is 0 Å². The van der Waals surface area contributed by atoms with Gasteiger partial charge in [-0.2, -0.15) is 0 Å². The molecular formula is C26H32N4O10SSe. The Bertz CT molecular complexity index is 1300. The topological polar surface area (TPSA) is 216 Å². The molecule has 0 heterocycles. The minimum atomic E-state index is -1.26. The van der Waals surface area contributed by atoms with Gasteiger partial charge in [0.05, 0.1) is 0 Å². The third-order valence-electron chi connectivity index (χ3n) is 5.52. The van der Waals surface area contributed by atoms with Crippen molar-refractivity contribution in [3.8, 4) is 17.2 Å². The Morgan fingerprint density at radius 2 is 1.69 bits per heavy atom. The van der Waals surface area contributed by atoms with Crippen molar-refractivity contribution in [1.82, 2.24) is 10.6 Å². The summed E-state index contributed by atoms with van der Waals surface area (Å²) in [5.74, 6) is -2.80. The normalized spacial score (nSPS) is 11.9. The number of hydrogen-bond donors (Lipinski definition) is 6. The zero-order chi connectivity index (χ0) is 31.2. The maximum absolute atomic E-state index is 13.2. The molecule has 16 heteroatoms. The predicted octanol–water partition coefficient (Wildman–Crippen LogP) is -0.180. The number of anilines is 1. The van der Waals surface area contributed by atoms with E-state index in [1.165, 1.54) is 31.5 Å². The number of methoxy groups -OCH3 is 3. The number of hydrogen-bond acceptors (Lipinski definition) is 10. The van der Waals surface area contributed by atoms with E-state index in [4.69, 9.17) is 30.2 Å². The molecule has 0 saturated heterocycles. The number of carboxylic acid groups (broad SMARTS) is 2. The summed E-state index contributed by atoms with van der Waals surface area (Å²) in [5, 5.41) is 25.4. The van der Waals surface area contributed by atoms with Gasteiger partial charge >= 0.3 is 252 Å². The van der Waals surface area contributed by atoms with E-state index in [2.05, 4.69) is 16.0 Å². The van der Waals surface area contributed by atoms with Crippen LogP contribution in [0.2, 0.25) is 0 Å². The standard InChI is InChI=1S/C26H32N4O10SSe/c1-38-15-5-6-16(24(34)29-14-4-8-19(39-2)20(10-14)40-3)21(11-15)42-41-13-18(25(35)28-12-23(32)33)30-22(31)9-7-17(27)26(36)37/h4-6,8,10-11,17-18H,7,9,12-13,27H2,1-3H3,(H,28,35)(H,29,34)(H,30,31)(H,32,33)(H,36,37). The molecule has 2 rings (SSSR count). The van der Waals surface area contributed by atoms with E-state index in [-0.39, 0.29) is 18.6 Å². The fourth-order valence-corrected chi connectivity index (χ4v) is 7.55. The zero-order valence-corrected chi connectivity index (χ0v) is 25.5. The van der Waals surface area contributed by atoms with Gasteiger partial charge in [-0.05, 0) is 0 Å². The van der Waals surface area contributed by atoms with Crippen LogP contribution in [0.25, 0.3) is 0 Å². The second-order valence-corrected chi connectivity index (χ2v) is 12.7. The number of benzene rings is 2. The van der Waals surface area contributed by atoms with E-state index in [0.29, 0.717) is 33.0 Å². The molecule has 2 atom stereocenters. The number of nitrogens with two attached hydrogens (primary N) is 1. The molecule has 0 aliphatic heterocycles. The first kappa shape index (κ1) is 34.2. The van der Waals surface area contributed by atoms with Crippen molar-refractivity contribution >= 4 is 63.8 Å². The third-order valence-corrected chi connectivity index (χ3v) is 9.73. The first-order valence-corrected chi connectivity index (χ1v) is 16.1. The van der Waals surface area contributed by atoms with Gasteiger partial charge in [-0.1, -0.05) is 0 Å². The van der Waals surface area contributed by atoms with Crippen molar-refractivity contribution in [3.05, 3.63) is 42.0 Å². The Morgan fingerprint density at radius 1 is 0.976 bits per heavy atom. The quantitative estimate of drug-likeness (QED) is 0.121. The Hall–Kier alpha value is -3.98. The van der Waals surface area contributed by atoms with Crippen molar-refractivity contribution in [2.75, 3.05) is 38.9 Å². The number of carboxylic acids is 2. The molecule has 0 aliphatic rings. The van der Waals surface area contributed by atoms with Gasteiger partial charge in [-0.25, -0.2) is 0 Å². The molecule has 0 aliphatic carbocycles. The van der Waals surface area contributed by atoms with Gasteiger partial charge < -0.3 is 0 Å². The Morgan fingerprint density at radius 3 is 2.31 bits per heavy atom. The van der Waals surface area contributed by atoms with Gasteiger partial charge in [0.25, 0.3) is 0 Å². The van der Waals surface area contributed by atoms with Crippen LogP contribution < -0.4 is 40.4 Å². The van der Waals surface area contributed by atoms with E-state index < -0.39 is 62.1 Å². The van der Waals surface area contributed by atoms with E-state index >= 15 is 0 Å². The van der Waals surface area contributed by atoms with Crippen LogP contribution in [0.4, 0.5) is 5.69 Å². The van der Waals surface area contributed by atoms with E-state index in [1.807, 2.05) is 0 Å². The van der Waals surface area contributed by atoms with Gasteiger partial charge in [0, 0.05) is 0 Å². The molecule has 228 valence electrons. The van der Waals surface area contributed by atoms with Crippen molar-refractivity contribution in [3.63, 3.8) is 0 Å². The molecule has 0 bridgehead atoms. The molecule has 14 nitrogen and oxygen atoms in total. The van der Waals surface area contributed by atoms with Gasteiger partial charge in [0.1, 0.15) is 0 Å². The summed E-state index contributed by atoms with van der Waals surface area (Å²) in [6, 6.07) is 7.50. The molecule has 3 amide bonds. The Kier molecular flexibility index (Phi) is 13.9. The zero-order valence-electron chi connectivity index (χ0n) is 23.0. The van der Waals surface area contributed by atoms with Crippen LogP contribution in [0.15, 0.2) is 36.4 Å². The van der Waals surface area contributed by atoms with E-state index in [9.17, 15) is 24.0 Å². The fourth-order valence-electron chi connectivity index (χ4n) is 3.31. The van der Waals surface area contributed by atoms with Crippen LogP contribution in [0.1, 0.15) is 23.2 Å². The SMILES string of the molecule is COc1ccc(C(=O)Nc2ccc(OC)c(OC)c2)c([Se]SCC(NC(=O)CCC(N)C(=O)O)C(=O)NCC(=O)O)c1. The molecule has 2 unspecified atom stereocenters. The number of aliphatic carboxylic acids is 2. The van der Waals surface area contributed by atoms with Crippen LogP contribution in [0.5, 0.6) is 17.2 Å². The average molecular weight is 672 g/mol. The van der Waals surface area contributed by atoms with Crippen LogP contribution >= 0.6 is 10.2 Å². The summed E-state index contributed by atoms with van der Waals surface area (Å²) in [5.41, 5.74) is 6.27. The molecule has 0 aromatic heterocycles. The van der Waals surface area contributed by atoms with Crippen molar-refractivity contribution in [2.24, 2.45) is 5.73 Å². The molecule has 0 radical (unpaired) electrons. The van der Waals surface area contributed by atoms with Gasteiger partial charge in [-0.15, -0.1) is 0 Å². The van der Waals surface area contributed by atoms with Gasteiger partial charge in [0.2, 0.25) is 0 Å².